The quantitative estimate of drug-likeness (QED) is 0.189. The first-order valence-corrected chi connectivity index (χ1v) is 26.1. The first kappa shape index (κ1) is 52.5. The van der Waals surface area contributed by atoms with Crippen molar-refractivity contribution in [1.29, 1.82) is 0 Å². The lowest BCUT2D eigenvalue weighted by Gasteiger charge is -2.62. The normalized spacial score (nSPS) is 43.4. The molecule has 0 radical (unpaired) electrons. The zero-order chi connectivity index (χ0) is 50.4. The summed E-state index contributed by atoms with van der Waals surface area (Å²) in [5, 5.41) is 34.6. The summed E-state index contributed by atoms with van der Waals surface area (Å²) in [6.45, 7) is 17.7. The summed E-state index contributed by atoms with van der Waals surface area (Å²) in [6, 6.07) is 0. The standard InChI is InChI=1S/C28H37FO7.C26H38O5S/c1-6-23(33)35-15-22(32)28(36-24(34)7-2)16(3)12-20-19-9-8-17-13-18(30)10-11-25(17,4)27(19,29)21(31)14-26(20,28)5;1-23(2,3)22(30)32-14-20(29)26(31)11-9-18-17-7-6-15-12-16(27)8-10-24(15,4)21(17)19(28)13-25(18,26)5/h10-11,13,16,19-21,31H,6-9,12,14-15H2,1-5H3;12,17-19,21,28,31H,6-11,13-14H2,1-5H3/t16-,19-,20-,21-,25-,26-,27-,28-;17-,18-,19-,21+,24-,25-,26-/m00/s1. The van der Waals surface area contributed by atoms with Crippen molar-refractivity contribution in [3.8, 4) is 0 Å². The minimum Gasteiger partial charge on any atom is -0.457 e. The number of ketones is 4. The van der Waals surface area contributed by atoms with E-state index >= 15 is 4.39 Å². The van der Waals surface area contributed by atoms with Gasteiger partial charge < -0.3 is 24.8 Å². The molecule has 0 heterocycles. The van der Waals surface area contributed by atoms with E-state index in [1.807, 2.05) is 40.7 Å². The summed E-state index contributed by atoms with van der Waals surface area (Å²) in [7, 11) is 0. The molecule has 0 bridgehead atoms. The smallest absolute Gasteiger partial charge is 0.306 e. The highest BCUT2D eigenvalue weighted by Crippen LogP contribution is 2.72. The molecule has 0 saturated heterocycles. The zero-order valence-corrected chi connectivity index (χ0v) is 42.7. The van der Waals surface area contributed by atoms with Crippen LogP contribution in [0.15, 0.2) is 35.5 Å². The molecule has 8 rings (SSSR count). The van der Waals surface area contributed by atoms with Crippen LogP contribution in [0.4, 0.5) is 4.39 Å². The predicted octanol–water partition coefficient (Wildman–Crippen LogP) is 7.91. The third-order valence-electron chi connectivity index (χ3n) is 19.3. The van der Waals surface area contributed by atoms with E-state index in [4.69, 9.17) is 9.47 Å². The van der Waals surface area contributed by atoms with Crippen LogP contribution in [0.2, 0.25) is 0 Å². The van der Waals surface area contributed by atoms with E-state index in [0.717, 1.165) is 37.4 Å². The van der Waals surface area contributed by atoms with Crippen molar-refractivity contribution in [3.63, 3.8) is 0 Å². The highest BCUT2D eigenvalue weighted by molar-refractivity contribution is 8.14. The lowest BCUT2D eigenvalue weighted by molar-refractivity contribution is -0.228. The average Bonchev–Trinajstić information content (AvgIpc) is 3.67. The van der Waals surface area contributed by atoms with Gasteiger partial charge in [0.05, 0.1) is 18.0 Å². The summed E-state index contributed by atoms with van der Waals surface area (Å²) in [5.41, 5.74) is -7.00. The van der Waals surface area contributed by atoms with Crippen LogP contribution in [-0.4, -0.2) is 96.9 Å². The van der Waals surface area contributed by atoms with Crippen LogP contribution < -0.4 is 0 Å². The Bertz CT molecular complexity index is 2230. The van der Waals surface area contributed by atoms with Crippen molar-refractivity contribution in [2.75, 3.05) is 12.4 Å². The molecular formula is C54H75FO12S. The van der Waals surface area contributed by atoms with Crippen LogP contribution in [0.1, 0.15) is 153 Å². The van der Waals surface area contributed by atoms with Crippen molar-refractivity contribution in [2.45, 2.75) is 182 Å². The molecule has 15 atom stereocenters. The number of aliphatic hydroxyl groups is 3. The number of carbonyl (C=O) groups excluding carboxylic acids is 7. The summed E-state index contributed by atoms with van der Waals surface area (Å²) >= 11 is 1.00. The highest BCUT2D eigenvalue weighted by Gasteiger charge is 2.77. The van der Waals surface area contributed by atoms with Gasteiger partial charge in [-0.2, -0.15) is 0 Å². The van der Waals surface area contributed by atoms with Crippen molar-refractivity contribution in [1.82, 2.24) is 0 Å². The van der Waals surface area contributed by atoms with Crippen molar-refractivity contribution in [3.05, 3.63) is 35.5 Å². The molecule has 6 saturated carbocycles. The number of fused-ring (bicyclic) bond motifs is 10. The van der Waals surface area contributed by atoms with Gasteiger partial charge in [0.25, 0.3) is 0 Å². The number of hydrogen-bond donors (Lipinski definition) is 3. The van der Waals surface area contributed by atoms with Gasteiger partial charge in [-0.1, -0.05) is 91.3 Å². The predicted molar refractivity (Wildman–Crippen MR) is 253 cm³/mol. The van der Waals surface area contributed by atoms with Crippen LogP contribution in [-0.2, 0) is 43.0 Å². The fraction of sp³-hybridized carbons (Fsp3) is 0.759. The number of alkyl halides is 1. The van der Waals surface area contributed by atoms with Gasteiger partial charge in [-0.15, -0.1) is 0 Å². The number of ether oxygens (including phenoxy) is 2. The minimum absolute atomic E-state index is 0.0220. The van der Waals surface area contributed by atoms with Crippen molar-refractivity contribution in [2.24, 2.45) is 62.6 Å². The van der Waals surface area contributed by atoms with Crippen LogP contribution in [0, 0.1) is 62.6 Å². The summed E-state index contributed by atoms with van der Waals surface area (Å²) in [6.07, 6.45) is 10.1. The maximum atomic E-state index is 17.4. The van der Waals surface area contributed by atoms with Gasteiger partial charge in [0.2, 0.25) is 5.78 Å². The number of carbonyl (C=O) groups is 7. The maximum absolute atomic E-state index is 17.4. The van der Waals surface area contributed by atoms with Gasteiger partial charge >= 0.3 is 11.9 Å². The van der Waals surface area contributed by atoms with Crippen molar-refractivity contribution < 1.29 is 62.7 Å². The Morgan fingerprint density at radius 1 is 0.824 bits per heavy atom. The minimum atomic E-state index is -2.05. The second-order valence-corrected chi connectivity index (χ2v) is 24.6. The van der Waals surface area contributed by atoms with E-state index in [0.29, 0.717) is 44.1 Å². The average molecular weight is 967 g/mol. The van der Waals surface area contributed by atoms with E-state index in [-0.39, 0.29) is 76.6 Å². The van der Waals surface area contributed by atoms with Gasteiger partial charge in [-0.3, -0.25) is 33.6 Å². The van der Waals surface area contributed by atoms with Crippen LogP contribution in [0.3, 0.4) is 0 Å². The van der Waals surface area contributed by atoms with Gasteiger partial charge in [0.15, 0.2) is 40.3 Å². The Morgan fingerprint density at radius 3 is 2.13 bits per heavy atom. The second-order valence-electron chi connectivity index (χ2n) is 23.6. The molecule has 3 N–H and O–H groups in total. The number of allylic oxidation sites excluding steroid dienone is 5. The van der Waals surface area contributed by atoms with E-state index < -0.39 is 86.9 Å². The number of rotatable bonds is 9. The molecule has 0 aromatic heterocycles. The number of halogens is 1. The Morgan fingerprint density at radius 2 is 1.49 bits per heavy atom. The highest BCUT2D eigenvalue weighted by atomic mass is 32.2. The first-order chi connectivity index (χ1) is 31.5. The number of hydrogen-bond acceptors (Lipinski definition) is 13. The van der Waals surface area contributed by atoms with E-state index in [1.165, 1.54) is 17.7 Å². The molecule has 0 spiro atoms. The van der Waals surface area contributed by atoms with Crippen LogP contribution >= 0.6 is 11.8 Å². The van der Waals surface area contributed by atoms with Gasteiger partial charge in [0.1, 0.15) is 5.60 Å². The molecular weight excluding hydrogens is 892 g/mol. The van der Waals surface area contributed by atoms with Gasteiger partial charge in [-0.25, -0.2) is 4.39 Å². The monoisotopic (exact) mass is 966 g/mol. The topological polar surface area (TPSA) is 199 Å². The summed E-state index contributed by atoms with van der Waals surface area (Å²) in [5.74, 6) is -2.97. The fourth-order valence-corrected chi connectivity index (χ4v) is 16.6. The molecule has 68 heavy (non-hydrogen) atoms. The Kier molecular flexibility index (Phi) is 13.9. The molecule has 0 unspecified atom stereocenters. The molecule has 0 amide bonds. The van der Waals surface area contributed by atoms with Crippen molar-refractivity contribution >= 4 is 51.9 Å². The molecule has 0 aromatic carbocycles. The molecule has 376 valence electrons. The second kappa shape index (κ2) is 18.1. The number of thioether (sulfide) groups is 1. The molecule has 0 aromatic rings. The summed E-state index contributed by atoms with van der Waals surface area (Å²) < 4.78 is 28.5. The Hall–Kier alpha value is -3.33. The molecule has 12 nitrogen and oxygen atoms in total. The summed E-state index contributed by atoms with van der Waals surface area (Å²) in [4.78, 5) is 88.0. The van der Waals surface area contributed by atoms with E-state index in [2.05, 4.69) is 6.92 Å². The number of aliphatic hydroxyl groups excluding tert-OH is 2. The van der Waals surface area contributed by atoms with Crippen LogP contribution in [0.5, 0.6) is 0 Å². The van der Waals surface area contributed by atoms with E-state index in [1.54, 1.807) is 33.8 Å². The molecule has 8 aliphatic rings. The Balaban J connectivity index is 0.000000203. The molecule has 6 fully saturated rings. The lowest BCUT2D eigenvalue weighted by Crippen LogP contribution is -2.70. The molecule has 8 aliphatic carbocycles. The largest absolute Gasteiger partial charge is 0.457 e. The molecule has 0 aliphatic heterocycles. The number of Topliss-reactive ketones (excluding diaryl/α,β-unsaturated/α-hetero) is 2. The SMILES string of the molecule is CC(C)(C)C(=O)SCC(=O)[C@@]1(O)CC[C@H]2[C@@H]3CCC4=CC(=O)CC[C@]4(C)[C@H]3[C@@H](O)C[C@@]21C.CCC(=O)OCC(=O)[C@@]1(OC(=O)CC)[C@@H](C)C[C@H]2[C@@H]3CCC4=CC(=O)C=C[C@]4(C)[C@@]3(F)[C@@H](O)C[C@@]21C. The zero-order valence-electron chi connectivity index (χ0n) is 41.8. The van der Waals surface area contributed by atoms with Gasteiger partial charge in [0, 0.05) is 52.8 Å². The first-order valence-electron chi connectivity index (χ1n) is 25.1. The third kappa shape index (κ3) is 7.81. The lowest BCUT2D eigenvalue weighted by atomic mass is 9.44. The fourth-order valence-electron chi connectivity index (χ4n) is 15.6. The third-order valence-corrected chi connectivity index (χ3v) is 20.5. The van der Waals surface area contributed by atoms with Gasteiger partial charge in [-0.05, 0) is 118 Å². The van der Waals surface area contributed by atoms with E-state index in [9.17, 15) is 48.9 Å². The van der Waals surface area contributed by atoms with Crippen LogP contribution in [0.25, 0.3) is 0 Å². The number of esters is 2. The maximum Gasteiger partial charge on any atom is 0.306 e. The molecule has 14 heteroatoms. The Labute approximate surface area is 405 Å².